The Morgan fingerprint density at radius 1 is 1.42 bits per heavy atom. The molecule has 2 rings (SSSR count). The lowest BCUT2D eigenvalue weighted by molar-refractivity contribution is -0.384. The Bertz CT molecular complexity index is 503. The Labute approximate surface area is 120 Å². The van der Waals surface area contributed by atoms with Crippen molar-refractivity contribution >= 4 is 27.3 Å². The van der Waals surface area contributed by atoms with E-state index < -0.39 is 4.92 Å². The van der Waals surface area contributed by atoms with Crippen molar-refractivity contribution in [2.24, 2.45) is 0 Å². The summed E-state index contributed by atoms with van der Waals surface area (Å²) < 4.78 is 0.624. The second-order valence-corrected chi connectivity index (χ2v) is 5.41. The Balaban J connectivity index is 1.99. The van der Waals surface area contributed by atoms with Crippen LogP contribution in [0.2, 0.25) is 0 Å². The first-order valence-electron chi connectivity index (χ1n) is 6.38. The van der Waals surface area contributed by atoms with Gasteiger partial charge in [-0.05, 0) is 48.0 Å². The molecule has 0 aromatic carbocycles. The molecule has 0 saturated carbocycles. The second-order valence-electron chi connectivity index (χ2n) is 4.56. The average Bonchev–Trinajstić information content (AvgIpc) is 2.41. The molecule has 0 saturated heterocycles. The summed E-state index contributed by atoms with van der Waals surface area (Å²) in [5.74, 6) is 0. The smallest absolute Gasteiger partial charge is 0.311 e. The number of nitro groups is 1. The van der Waals surface area contributed by atoms with E-state index in [2.05, 4.69) is 32.3 Å². The van der Waals surface area contributed by atoms with Gasteiger partial charge in [-0.25, -0.2) is 0 Å². The van der Waals surface area contributed by atoms with E-state index in [1.54, 1.807) is 6.20 Å². The SMILES string of the molecule is O=[N+]([O-])c1cncc(Br)c1NCCC1=CCCCC1. The molecule has 19 heavy (non-hydrogen) atoms. The quantitative estimate of drug-likeness (QED) is 0.503. The molecule has 1 aliphatic carbocycles. The molecular weight excluding hydrogens is 310 g/mol. The van der Waals surface area contributed by atoms with Crippen LogP contribution in [0.4, 0.5) is 11.4 Å². The van der Waals surface area contributed by atoms with Crippen molar-refractivity contribution in [1.29, 1.82) is 0 Å². The van der Waals surface area contributed by atoms with E-state index in [0.29, 0.717) is 16.7 Å². The fourth-order valence-electron chi connectivity index (χ4n) is 2.22. The van der Waals surface area contributed by atoms with Crippen molar-refractivity contribution in [3.05, 3.63) is 38.6 Å². The molecule has 0 radical (unpaired) electrons. The molecule has 0 unspecified atom stereocenters. The number of nitrogens with one attached hydrogen (secondary N) is 1. The number of hydrogen-bond donors (Lipinski definition) is 1. The average molecular weight is 326 g/mol. The highest BCUT2D eigenvalue weighted by Gasteiger charge is 2.16. The van der Waals surface area contributed by atoms with Crippen LogP contribution in [0.1, 0.15) is 32.1 Å². The van der Waals surface area contributed by atoms with Gasteiger partial charge in [0, 0.05) is 12.7 Å². The number of aromatic nitrogens is 1. The van der Waals surface area contributed by atoms with Crippen LogP contribution >= 0.6 is 15.9 Å². The molecule has 0 aliphatic heterocycles. The minimum Gasteiger partial charge on any atom is -0.378 e. The van der Waals surface area contributed by atoms with Gasteiger partial charge in [-0.3, -0.25) is 15.1 Å². The molecule has 0 fully saturated rings. The maximum absolute atomic E-state index is 10.9. The van der Waals surface area contributed by atoms with Crippen LogP contribution < -0.4 is 5.32 Å². The van der Waals surface area contributed by atoms with Crippen LogP contribution in [-0.4, -0.2) is 16.5 Å². The van der Waals surface area contributed by atoms with Crippen LogP contribution in [-0.2, 0) is 0 Å². The molecule has 1 N–H and O–H groups in total. The molecule has 0 atom stereocenters. The van der Waals surface area contributed by atoms with Crippen LogP contribution in [0, 0.1) is 10.1 Å². The van der Waals surface area contributed by atoms with Gasteiger partial charge < -0.3 is 5.32 Å². The Hall–Kier alpha value is -1.43. The molecule has 5 nitrogen and oxygen atoms in total. The predicted octanol–water partition coefficient (Wildman–Crippen LogP) is 4.05. The minimum atomic E-state index is -0.417. The number of pyridine rings is 1. The van der Waals surface area contributed by atoms with E-state index in [-0.39, 0.29) is 5.69 Å². The van der Waals surface area contributed by atoms with E-state index in [1.807, 2.05) is 0 Å². The second kappa shape index (κ2) is 6.65. The van der Waals surface area contributed by atoms with E-state index >= 15 is 0 Å². The van der Waals surface area contributed by atoms with Gasteiger partial charge in [0.05, 0.1) is 9.40 Å². The van der Waals surface area contributed by atoms with Crippen molar-refractivity contribution in [2.45, 2.75) is 32.1 Å². The highest BCUT2D eigenvalue weighted by atomic mass is 79.9. The van der Waals surface area contributed by atoms with Gasteiger partial charge in [0.2, 0.25) is 0 Å². The van der Waals surface area contributed by atoms with Crippen LogP contribution in [0.3, 0.4) is 0 Å². The number of halogens is 1. The van der Waals surface area contributed by atoms with Crippen molar-refractivity contribution in [3.8, 4) is 0 Å². The monoisotopic (exact) mass is 325 g/mol. The van der Waals surface area contributed by atoms with Gasteiger partial charge >= 0.3 is 5.69 Å². The Morgan fingerprint density at radius 3 is 2.95 bits per heavy atom. The summed E-state index contributed by atoms with van der Waals surface area (Å²) in [6.45, 7) is 0.704. The molecular formula is C13H16BrN3O2. The molecule has 0 bridgehead atoms. The van der Waals surface area contributed by atoms with E-state index in [1.165, 1.54) is 24.6 Å². The largest absolute Gasteiger partial charge is 0.378 e. The third-order valence-corrected chi connectivity index (χ3v) is 3.81. The van der Waals surface area contributed by atoms with E-state index in [0.717, 1.165) is 19.3 Å². The summed E-state index contributed by atoms with van der Waals surface area (Å²) in [5.41, 5.74) is 1.97. The van der Waals surface area contributed by atoms with Gasteiger partial charge in [-0.1, -0.05) is 11.6 Å². The Morgan fingerprint density at radius 2 is 2.26 bits per heavy atom. The lowest BCUT2D eigenvalue weighted by Gasteiger charge is -2.14. The molecule has 102 valence electrons. The third kappa shape index (κ3) is 3.76. The molecule has 6 heteroatoms. The van der Waals surface area contributed by atoms with Crippen molar-refractivity contribution < 1.29 is 4.92 Å². The summed E-state index contributed by atoms with van der Waals surface area (Å²) in [5, 5.41) is 14.1. The van der Waals surface area contributed by atoms with Crippen LogP contribution in [0.5, 0.6) is 0 Å². The molecule has 0 spiro atoms. The fourth-order valence-corrected chi connectivity index (χ4v) is 2.68. The highest BCUT2D eigenvalue weighted by molar-refractivity contribution is 9.10. The first kappa shape index (κ1) is 14.0. The standard InChI is InChI=1S/C13H16BrN3O2/c14-11-8-15-9-12(17(18)19)13(11)16-7-6-10-4-2-1-3-5-10/h4,8-9H,1-3,5-7H2,(H,15,16). The van der Waals surface area contributed by atoms with Gasteiger partial charge in [0.1, 0.15) is 11.9 Å². The topological polar surface area (TPSA) is 68.1 Å². The third-order valence-electron chi connectivity index (χ3n) is 3.21. The first-order valence-corrected chi connectivity index (χ1v) is 7.17. The first-order chi connectivity index (χ1) is 9.18. The maximum Gasteiger partial charge on any atom is 0.311 e. The van der Waals surface area contributed by atoms with E-state index in [9.17, 15) is 10.1 Å². The lowest BCUT2D eigenvalue weighted by atomic mass is 9.97. The van der Waals surface area contributed by atoms with Crippen LogP contribution in [0.15, 0.2) is 28.5 Å². The van der Waals surface area contributed by atoms with Crippen molar-refractivity contribution in [2.75, 3.05) is 11.9 Å². The summed E-state index contributed by atoms with van der Waals surface area (Å²) >= 11 is 3.30. The number of rotatable bonds is 5. The van der Waals surface area contributed by atoms with Crippen LogP contribution in [0.25, 0.3) is 0 Å². The zero-order valence-corrected chi connectivity index (χ0v) is 12.1. The zero-order chi connectivity index (χ0) is 13.7. The highest BCUT2D eigenvalue weighted by Crippen LogP contribution is 2.31. The summed E-state index contributed by atoms with van der Waals surface area (Å²) in [7, 11) is 0. The molecule has 0 amide bonds. The molecule has 1 aromatic heterocycles. The molecule has 1 aromatic rings. The number of allylic oxidation sites excluding steroid dienone is 1. The van der Waals surface area contributed by atoms with Crippen molar-refractivity contribution in [1.82, 2.24) is 4.98 Å². The zero-order valence-electron chi connectivity index (χ0n) is 10.6. The normalized spacial score (nSPS) is 14.9. The maximum atomic E-state index is 10.9. The summed E-state index contributed by atoms with van der Waals surface area (Å²) in [4.78, 5) is 14.3. The van der Waals surface area contributed by atoms with Gasteiger partial charge in [-0.15, -0.1) is 0 Å². The summed E-state index contributed by atoms with van der Waals surface area (Å²) in [6.07, 6.45) is 10.9. The number of anilines is 1. The predicted molar refractivity (Wildman–Crippen MR) is 78.2 cm³/mol. The van der Waals surface area contributed by atoms with E-state index in [4.69, 9.17) is 0 Å². The fraction of sp³-hybridized carbons (Fsp3) is 0.462. The van der Waals surface area contributed by atoms with Gasteiger partial charge in [-0.2, -0.15) is 0 Å². The summed E-state index contributed by atoms with van der Waals surface area (Å²) in [6, 6.07) is 0. The van der Waals surface area contributed by atoms with Crippen molar-refractivity contribution in [3.63, 3.8) is 0 Å². The molecule has 1 aliphatic rings. The van der Waals surface area contributed by atoms with Gasteiger partial charge in [0.25, 0.3) is 0 Å². The lowest BCUT2D eigenvalue weighted by Crippen LogP contribution is -2.07. The number of nitrogens with zero attached hydrogens (tertiary/aromatic N) is 2. The molecule has 1 heterocycles. The van der Waals surface area contributed by atoms with Gasteiger partial charge in [0.15, 0.2) is 0 Å². The minimum absolute atomic E-state index is 0.00648. The number of hydrogen-bond acceptors (Lipinski definition) is 4. The Kier molecular flexibility index (Phi) is 4.90.